The molecule has 1 aliphatic heterocycles. The monoisotopic (exact) mass is 266 g/mol. The number of hydrogen-bond donors (Lipinski definition) is 2. The molecule has 4 atom stereocenters. The van der Waals surface area contributed by atoms with Crippen molar-refractivity contribution >= 4 is 0 Å². The lowest BCUT2D eigenvalue weighted by molar-refractivity contribution is -0.000115. The highest BCUT2D eigenvalue weighted by atomic mass is 16.3. The van der Waals surface area contributed by atoms with Gasteiger partial charge in [-0.1, -0.05) is 19.8 Å². The highest BCUT2D eigenvalue weighted by Gasteiger charge is 2.40. The molecule has 3 rings (SSSR count). The highest BCUT2D eigenvalue weighted by molar-refractivity contribution is 4.97. The molecule has 0 amide bonds. The minimum atomic E-state index is -0.105. The Morgan fingerprint density at radius 1 is 1.26 bits per heavy atom. The molecule has 0 aromatic heterocycles. The minimum absolute atomic E-state index is 0.105. The third-order valence-electron chi connectivity index (χ3n) is 5.71. The van der Waals surface area contributed by atoms with E-state index in [9.17, 15) is 5.11 Å². The molecule has 2 saturated carbocycles. The zero-order valence-corrected chi connectivity index (χ0v) is 12.6. The van der Waals surface area contributed by atoms with Crippen molar-refractivity contribution in [3.8, 4) is 0 Å². The van der Waals surface area contributed by atoms with Crippen molar-refractivity contribution in [1.29, 1.82) is 0 Å². The summed E-state index contributed by atoms with van der Waals surface area (Å²) >= 11 is 0. The van der Waals surface area contributed by atoms with Gasteiger partial charge in [0.15, 0.2) is 0 Å². The first-order chi connectivity index (χ1) is 9.08. The number of rotatable bonds is 4. The molecule has 3 fully saturated rings. The quantitative estimate of drug-likeness (QED) is 0.818. The van der Waals surface area contributed by atoms with Gasteiger partial charge in [0.25, 0.3) is 0 Å². The van der Waals surface area contributed by atoms with Gasteiger partial charge in [0, 0.05) is 36.6 Å². The van der Waals surface area contributed by atoms with Crippen molar-refractivity contribution in [2.45, 2.75) is 83.0 Å². The van der Waals surface area contributed by atoms with Gasteiger partial charge in [-0.05, 0) is 39.0 Å². The normalized spacial score (nSPS) is 44.7. The highest BCUT2D eigenvalue weighted by Crippen LogP contribution is 2.37. The maximum atomic E-state index is 10.3. The van der Waals surface area contributed by atoms with Crippen molar-refractivity contribution in [2.24, 2.45) is 5.41 Å². The van der Waals surface area contributed by atoms with Crippen molar-refractivity contribution < 1.29 is 5.11 Å². The first-order valence-corrected chi connectivity index (χ1v) is 8.26. The summed E-state index contributed by atoms with van der Waals surface area (Å²) in [6.45, 7) is 6.85. The summed E-state index contributed by atoms with van der Waals surface area (Å²) in [6, 6.07) is 2.27. The maximum Gasteiger partial charge on any atom is 0.0605 e. The van der Waals surface area contributed by atoms with Crippen molar-refractivity contribution in [3.63, 3.8) is 0 Å². The van der Waals surface area contributed by atoms with E-state index in [-0.39, 0.29) is 11.5 Å². The molecule has 0 bridgehead atoms. The van der Waals surface area contributed by atoms with Gasteiger partial charge in [0.2, 0.25) is 0 Å². The molecule has 4 unspecified atom stereocenters. The number of nitrogens with zero attached hydrogens (tertiary/aromatic N) is 1. The van der Waals surface area contributed by atoms with Crippen LogP contribution in [0.2, 0.25) is 0 Å². The van der Waals surface area contributed by atoms with Crippen molar-refractivity contribution in [3.05, 3.63) is 0 Å². The van der Waals surface area contributed by atoms with E-state index in [1.807, 2.05) is 0 Å². The number of aliphatic hydroxyl groups is 1. The van der Waals surface area contributed by atoms with E-state index in [4.69, 9.17) is 0 Å². The van der Waals surface area contributed by atoms with Crippen LogP contribution in [0.3, 0.4) is 0 Å². The maximum absolute atomic E-state index is 10.3. The van der Waals surface area contributed by atoms with Gasteiger partial charge in [-0.15, -0.1) is 0 Å². The number of aliphatic hydroxyl groups excluding tert-OH is 1. The fraction of sp³-hybridized carbons (Fsp3) is 1.00. The van der Waals surface area contributed by atoms with E-state index < -0.39 is 0 Å². The summed E-state index contributed by atoms with van der Waals surface area (Å²) in [5.74, 6) is 0. The van der Waals surface area contributed by atoms with E-state index in [0.29, 0.717) is 6.04 Å². The Morgan fingerprint density at radius 3 is 2.74 bits per heavy atom. The van der Waals surface area contributed by atoms with Gasteiger partial charge >= 0.3 is 0 Å². The lowest BCUT2D eigenvalue weighted by Gasteiger charge is -2.39. The van der Waals surface area contributed by atoms with Crippen LogP contribution in [0.1, 0.15) is 58.8 Å². The average molecular weight is 266 g/mol. The van der Waals surface area contributed by atoms with Crippen LogP contribution < -0.4 is 5.32 Å². The summed E-state index contributed by atoms with van der Waals surface area (Å²) in [4.78, 5) is 2.69. The SMILES string of the molecule is CC1CC(NCC2(C)CCCCC2O)CN1C1CC1. The van der Waals surface area contributed by atoms with Crippen molar-refractivity contribution in [1.82, 2.24) is 10.2 Å². The molecule has 1 saturated heterocycles. The summed E-state index contributed by atoms with van der Waals surface area (Å²) in [6.07, 6.45) is 8.65. The van der Waals surface area contributed by atoms with Crippen molar-refractivity contribution in [2.75, 3.05) is 13.1 Å². The first-order valence-electron chi connectivity index (χ1n) is 8.26. The molecule has 2 aliphatic carbocycles. The number of likely N-dealkylation sites (tertiary alicyclic amines) is 1. The Bertz CT molecular complexity index is 318. The Labute approximate surface area is 117 Å². The Kier molecular flexibility index (Phi) is 3.89. The molecule has 3 heteroatoms. The molecular formula is C16H30N2O. The minimum Gasteiger partial charge on any atom is -0.393 e. The van der Waals surface area contributed by atoms with E-state index in [1.165, 1.54) is 45.1 Å². The largest absolute Gasteiger partial charge is 0.393 e. The molecule has 2 N–H and O–H groups in total. The third kappa shape index (κ3) is 2.98. The number of hydrogen-bond acceptors (Lipinski definition) is 3. The van der Waals surface area contributed by atoms with Crippen LogP contribution in [0.4, 0.5) is 0 Å². The molecule has 0 aromatic rings. The molecule has 1 heterocycles. The summed E-state index contributed by atoms with van der Waals surface area (Å²) in [5, 5.41) is 14.0. The van der Waals surface area contributed by atoms with Crippen LogP contribution in [-0.2, 0) is 0 Å². The lowest BCUT2D eigenvalue weighted by Crippen LogP contribution is -2.47. The Balaban J connectivity index is 1.49. The van der Waals surface area contributed by atoms with Crippen LogP contribution in [0.15, 0.2) is 0 Å². The predicted octanol–water partition coefficient (Wildman–Crippen LogP) is 2.14. The van der Waals surface area contributed by atoms with E-state index in [2.05, 4.69) is 24.1 Å². The zero-order chi connectivity index (χ0) is 13.5. The molecule has 0 spiro atoms. The van der Waals surface area contributed by atoms with Crippen LogP contribution >= 0.6 is 0 Å². The molecule has 3 aliphatic rings. The van der Waals surface area contributed by atoms with Gasteiger partial charge in [0.05, 0.1) is 6.10 Å². The topological polar surface area (TPSA) is 35.5 Å². The molecule has 19 heavy (non-hydrogen) atoms. The van der Waals surface area contributed by atoms with Gasteiger partial charge < -0.3 is 10.4 Å². The fourth-order valence-electron chi connectivity index (χ4n) is 4.08. The van der Waals surface area contributed by atoms with Crippen LogP contribution in [-0.4, -0.2) is 47.3 Å². The first kappa shape index (κ1) is 13.8. The third-order valence-corrected chi connectivity index (χ3v) is 5.71. The van der Waals surface area contributed by atoms with E-state index >= 15 is 0 Å². The molecule has 0 radical (unpaired) electrons. The standard InChI is InChI=1S/C16H30N2O/c1-12-9-13(10-18(12)14-6-7-14)17-11-16(2)8-4-3-5-15(16)19/h12-15,17,19H,3-11H2,1-2H3. The second-order valence-corrected chi connectivity index (χ2v) is 7.51. The Hall–Kier alpha value is -0.120. The molecular weight excluding hydrogens is 236 g/mol. The van der Waals surface area contributed by atoms with Gasteiger partial charge in [-0.2, -0.15) is 0 Å². The lowest BCUT2D eigenvalue weighted by atomic mass is 9.73. The molecule has 3 nitrogen and oxygen atoms in total. The molecule has 110 valence electrons. The predicted molar refractivity (Wildman–Crippen MR) is 78.2 cm³/mol. The van der Waals surface area contributed by atoms with Crippen LogP contribution in [0.5, 0.6) is 0 Å². The summed E-state index contributed by atoms with van der Waals surface area (Å²) in [7, 11) is 0. The fourth-order valence-corrected chi connectivity index (χ4v) is 4.08. The summed E-state index contributed by atoms with van der Waals surface area (Å²) in [5.41, 5.74) is 0.106. The van der Waals surface area contributed by atoms with Gasteiger partial charge in [-0.3, -0.25) is 4.90 Å². The van der Waals surface area contributed by atoms with E-state index in [0.717, 1.165) is 25.0 Å². The molecule has 0 aromatic carbocycles. The Morgan fingerprint density at radius 2 is 2.05 bits per heavy atom. The summed E-state index contributed by atoms with van der Waals surface area (Å²) < 4.78 is 0. The second-order valence-electron chi connectivity index (χ2n) is 7.51. The average Bonchev–Trinajstić information content (AvgIpc) is 3.15. The van der Waals surface area contributed by atoms with Gasteiger partial charge in [0.1, 0.15) is 0 Å². The van der Waals surface area contributed by atoms with Crippen LogP contribution in [0.25, 0.3) is 0 Å². The second kappa shape index (κ2) is 5.34. The van der Waals surface area contributed by atoms with Crippen LogP contribution in [0, 0.1) is 5.41 Å². The smallest absolute Gasteiger partial charge is 0.0605 e. The number of nitrogens with one attached hydrogen (secondary N) is 1. The van der Waals surface area contributed by atoms with E-state index in [1.54, 1.807) is 0 Å². The zero-order valence-electron chi connectivity index (χ0n) is 12.6. The van der Waals surface area contributed by atoms with Gasteiger partial charge in [-0.25, -0.2) is 0 Å².